The van der Waals surface area contributed by atoms with Crippen LogP contribution in [0.2, 0.25) is 5.02 Å². The maximum atomic E-state index is 11.6. The van der Waals surface area contributed by atoms with Crippen LogP contribution in [-0.2, 0) is 10.8 Å². The fourth-order valence-corrected chi connectivity index (χ4v) is 3.19. The van der Waals surface area contributed by atoms with Crippen molar-refractivity contribution < 1.29 is 4.21 Å². The number of hydrogen-bond donors (Lipinski definition) is 1. The van der Waals surface area contributed by atoms with Crippen LogP contribution in [0.5, 0.6) is 0 Å². The molecule has 1 aliphatic heterocycles. The summed E-state index contributed by atoms with van der Waals surface area (Å²) >= 11 is 5.83. The number of hydrogen-bond acceptors (Lipinski definition) is 2. The van der Waals surface area contributed by atoms with Gasteiger partial charge in [-0.25, -0.2) is 0 Å². The van der Waals surface area contributed by atoms with Crippen LogP contribution in [0.25, 0.3) is 0 Å². The summed E-state index contributed by atoms with van der Waals surface area (Å²) in [5.74, 6) is 1.53. The van der Waals surface area contributed by atoms with Gasteiger partial charge in [-0.2, -0.15) is 0 Å². The lowest BCUT2D eigenvalue weighted by molar-refractivity contribution is 0.587. The average Bonchev–Trinajstić information content (AvgIpc) is 2.44. The Kier molecular flexibility index (Phi) is 3.78. The van der Waals surface area contributed by atoms with E-state index in [0.29, 0.717) is 5.75 Å². The third-order valence-electron chi connectivity index (χ3n) is 2.56. The van der Waals surface area contributed by atoms with Crippen molar-refractivity contribution in [3.05, 3.63) is 34.9 Å². The Hall–Kier alpha value is -0.380. The molecule has 2 atom stereocenters. The van der Waals surface area contributed by atoms with Gasteiger partial charge in [-0.05, 0) is 30.7 Å². The molecule has 0 radical (unpaired) electrons. The quantitative estimate of drug-likeness (QED) is 0.819. The second kappa shape index (κ2) is 5.10. The van der Waals surface area contributed by atoms with Crippen LogP contribution < -0.4 is 5.32 Å². The molecule has 1 fully saturated rings. The molecule has 0 saturated carbocycles. The van der Waals surface area contributed by atoms with Gasteiger partial charge in [0.2, 0.25) is 0 Å². The molecule has 2 nitrogen and oxygen atoms in total. The molecule has 1 heterocycles. The predicted molar refractivity (Wildman–Crippen MR) is 64.7 cm³/mol. The Morgan fingerprint density at radius 3 is 2.80 bits per heavy atom. The zero-order valence-electron chi connectivity index (χ0n) is 8.41. The van der Waals surface area contributed by atoms with Gasteiger partial charge in [0.25, 0.3) is 0 Å². The first-order chi connectivity index (χ1) is 7.25. The molecule has 0 spiro atoms. The van der Waals surface area contributed by atoms with Crippen LogP contribution >= 0.6 is 11.6 Å². The van der Waals surface area contributed by atoms with Crippen LogP contribution in [0.3, 0.4) is 0 Å². The van der Waals surface area contributed by atoms with E-state index in [4.69, 9.17) is 11.6 Å². The van der Waals surface area contributed by atoms with E-state index in [1.807, 2.05) is 24.3 Å². The topological polar surface area (TPSA) is 29.1 Å². The van der Waals surface area contributed by atoms with Crippen molar-refractivity contribution in [1.29, 1.82) is 0 Å². The van der Waals surface area contributed by atoms with Gasteiger partial charge in [-0.3, -0.25) is 4.21 Å². The summed E-state index contributed by atoms with van der Waals surface area (Å²) in [7, 11) is -0.689. The van der Waals surface area contributed by atoms with Crippen molar-refractivity contribution in [2.75, 3.05) is 18.1 Å². The van der Waals surface area contributed by atoms with E-state index < -0.39 is 10.8 Å². The summed E-state index contributed by atoms with van der Waals surface area (Å²) in [5.41, 5.74) is 1.18. The Balaban J connectivity index is 2.14. The molecule has 0 bridgehead atoms. The molecule has 0 aliphatic carbocycles. The highest BCUT2D eigenvalue weighted by Crippen LogP contribution is 2.19. The summed E-state index contributed by atoms with van der Waals surface area (Å²) < 4.78 is 11.6. The number of nitrogens with one attached hydrogen (secondary N) is 1. The summed E-state index contributed by atoms with van der Waals surface area (Å²) in [4.78, 5) is 0. The van der Waals surface area contributed by atoms with Crippen molar-refractivity contribution in [3.8, 4) is 0 Å². The van der Waals surface area contributed by atoms with Crippen LogP contribution in [0.4, 0.5) is 0 Å². The Bertz CT molecular complexity index is 352. The highest BCUT2D eigenvalue weighted by Gasteiger charge is 2.17. The van der Waals surface area contributed by atoms with E-state index in [0.717, 1.165) is 23.7 Å². The molecule has 1 aromatic carbocycles. The maximum Gasteiger partial charge on any atom is 0.0436 e. The van der Waals surface area contributed by atoms with Gasteiger partial charge in [0.05, 0.1) is 0 Å². The highest BCUT2D eigenvalue weighted by atomic mass is 35.5. The molecule has 1 N–H and O–H groups in total. The fraction of sp³-hybridized carbons (Fsp3) is 0.455. The van der Waals surface area contributed by atoms with E-state index in [1.54, 1.807) is 0 Å². The highest BCUT2D eigenvalue weighted by molar-refractivity contribution is 7.85. The van der Waals surface area contributed by atoms with Gasteiger partial charge < -0.3 is 5.32 Å². The minimum absolute atomic E-state index is 0.214. The van der Waals surface area contributed by atoms with Gasteiger partial charge in [-0.1, -0.05) is 23.7 Å². The zero-order chi connectivity index (χ0) is 10.7. The minimum atomic E-state index is -0.689. The summed E-state index contributed by atoms with van der Waals surface area (Å²) in [6.07, 6.45) is 0.997. The van der Waals surface area contributed by atoms with Crippen LogP contribution in [0.1, 0.15) is 18.0 Å². The molecular weight excluding hydrogens is 230 g/mol. The monoisotopic (exact) mass is 243 g/mol. The van der Waals surface area contributed by atoms with E-state index in [2.05, 4.69) is 5.32 Å². The van der Waals surface area contributed by atoms with Gasteiger partial charge in [0.15, 0.2) is 0 Å². The van der Waals surface area contributed by atoms with Crippen molar-refractivity contribution in [1.82, 2.24) is 5.32 Å². The lowest BCUT2D eigenvalue weighted by atomic mass is 10.1. The Labute approximate surface area is 97.5 Å². The largest absolute Gasteiger partial charge is 0.309 e. The second-order valence-electron chi connectivity index (χ2n) is 3.72. The predicted octanol–water partition coefficient (Wildman–Crippen LogP) is 2.12. The first-order valence-electron chi connectivity index (χ1n) is 5.09. The number of rotatable bonds is 1. The number of benzene rings is 1. The van der Waals surface area contributed by atoms with Crippen molar-refractivity contribution in [3.63, 3.8) is 0 Å². The van der Waals surface area contributed by atoms with Gasteiger partial charge in [0, 0.05) is 33.4 Å². The summed E-state index contributed by atoms with van der Waals surface area (Å²) in [6.45, 7) is 0.943. The first-order valence-corrected chi connectivity index (χ1v) is 6.96. The van der Waals surface area contributed by atoms with E-state index in [1.165, 1.54) is 5.56 Å². The third kappa shape index (κ3) is 3.03. The van der Waals surface area contributed by atoms with E-state index in [9.17, 15) is 4.21 Å². The molecule has 1 aliphatic rings. The van der Waals surface area contributed by atoms with Gasteiger partial charge in [0.1, 0.15) is 0 Å². The Morgan fingerprint density at radius 2 is 2.07 bits per heavy atom. The molecule has 1 saturated heterocycles. The lowest BCUT2D eigenvalue weighted by Gasteiger charge is -2.15. The van der Waals surface area contributed by atoms with Crippen LogP contribution in [0, 0.1) is 0 Å². The second-order valence-corrected chi connectivity index (χ2v) is 5.78. The molecule has 82 valence electrons. The minimum Gasteiger partial charge on any atom is -0.309 e. The molecule has 0 aromatic heterocycles. The molecule has 1 aromatic rings. The van der Waals surface area contributed by atoms with Crippen molar-refractivity contribution in [2.45, 2.75) is 12.5 Å². The average molecular weight is 244 g/mol. The SMILES string of the molecule is O=S1CCCNC(c2ccc(Cl)cc2)C1. The summed E-state index contributed by atoms with van der Waals surface area (Å²) in [5, 5.41) is 4.16. The smallest absolute Gasteiger partial charge is 0.0436 e. The first kappa shape index (κ1) is 11.1. The molecule has 15 heavy (non-hydrogen) atoms. The van der Waals surface area contributed by atoms with Crippen LogP contribution in [0.15, 0.2) is 24.3 Å². The van der Waals surface area contributed by atoms with Crippen LogP contribution in [-0.4, -0.2) is 22.3 Å². The van der Waals surface area contributed by atoms with Crippen molar-refractivity contribution in [2.24, 2.45) is 0 Å². The normalized spacial score (nSPS) is 27.3. The van der Waals surface area contributed by atoms with E-state index in [-0.39, 0.29) is 6.04 Å². The molecule has 0 amide bonds. The number of halogens is 1. The standard InChI is InChI=1S/C11H14ClNOS/c12-10-4-2-9(3-5-10)11-8-15(14)7-1-6-13-11/h2-5,11,13H,1,6-8H2. The van der Waals surface area contributed by atoms with E-state index >= 15 is 0 Å². The lowest BCUT2D eigenvalue weighted by Crippen LogP contribution is -2.23. The summed E-state index contributed by atoms with van der Waals surface area (Å²) in [6, 6.07) is 7.98. The Morgan fingerprint density at radius 1 is 1.33 bits per heavy atom. The van der Waals surface area contributed by atoms with Gasteiger partial charge in [-0.15, -0.1) is 0 Å². The van der Waals surface area contributed by atoms with Crippen molar-refractivity contribution >= 4 is 22.4 Å². The fourth-order valence-electron chi connectivity index (χ4n) is 1.75. The maximum absolute atomic E-state index is 11.6. The molecule has 4 heteroatoms. The third-order valence-corrected chi connectivity index (χ3v) is 4.27. The van der Waals surface area contributed by atoms with Gasteiger partial charge >= 0.3 is 0 Å². The molecule has 2 rings (SSSR count). The molecular formula is C11H14ClNOS. The zero-order valence-corrected chi connectivity index (χ0v) is 9.98. The molecule has 2 unspecified atom stereocenters.